The minimum atomic E-state index is -0.620. The van der Waals surface area contributed by atoms with Crippen molar-refractivity contribution in [1.29, 1.82) is 0 Å². The Morgan fingerprint density at radius 1 is 0.852 bits per heavy atom. The molecule has 0 bridgehead atoms. The number of imide groups is 1. The minimum Gasteiger partial charge on any atom is -0.508 e. The second-order valence-corrected chi connectivity index (χ2v) is 18.9. The van der Waals surface area contributed by atoms with Crippen LogP contribution in [-0.2, 0) is 22.6 Å². The number of nitrogens with one attached hydrogen (secondary N) is 1. The van der Waals surface area contributed by atoms with Gasteiger partial charge in [0, 0.05) is 81.0 Å². The molecule has 11 heteroatoms. The SMILES string of the molecule is COc1cc(N2CCC3(CC2)CC(CN2CCN4c5cc6c(cc5OC[C@@H]4C2)C(=O)N([C@H]2CCC(=O)NC2=O)C6)C3)ccc1[C@H]1c2ccc(O)cc2CC[C@H]1c1ccccc1. The van der Waals surface area contributed by atoms with Crippen LogP contribution in [0, 0.1) is 11.3 Å². The number of aromatic hydroxyl groups is 1. The smallest absolute Gasteiger partial charge is 0.255 e. The van der Waals surface area contributed by atoms with E-state index in [2.05, 4.69) is 80.7 Å². The van der Waals surface area contributed by atoms with Gasteiger partial charge in [0.1, 0.15) is 29.9 Å². The standard InChI is InChI=1S/C50H55N5O6/c1-60-44-23-35(8-11-40(44)47-38(32-5-3-2-4-6-32)10-7-33-21-37(56)9-12-39(33)47)53-17-15-50(16-18-53)25-31(26-50)27-52-19-20-54-36(29-52)30-61-45-24-41-34(22-43(45)54)28-55(49(41)59)42-13-14-46(57)51-48(42)58/h2-6,8-9,11-12,21-24,31,36,38,42,47,56H,7,10,13-20,25-30H2,1H3,(H,51,57,58)/t36-,38-,42-,47+/m0/s1. The van der Waals surface area contributed by atoms with Crippen LogP contribution in [0.5, 0.6) is 17.2 Å². The van der Waals surface area contributed by atoms with Crippen LogP contribution in [0.1, 0.15) is 95.0 Å². The molecule has 11 nitrogen and oxygen atoms in total. The summed E-state index contributed by atoms with van der Waals surface area (Å²) >= 11 is 0. The Morgan fingerprint density at radius 3 is 2.48 bits per heavy atom. The number of ether oxygens (including phenoxy) is 2. The molecule has 7 aliphatic rings. The Bertz CT molecular complexity index is 2390. The number of carbonyl (C=O) groups is 3. The van der Waals surface area contributed by atoms with Gasteiger partial charge in [0.15, 0.2) is 0 Å². The molecule has 316 valence electrons. The number of piperazine rings is 1. The van der Waals surface area contributed by atoms with Crippen LogP contribution in [0.25, 0.3) is 0 Å². The number of piperidine rings is 2. The van der Waals surface area contributed by atoms with Gasteiger partial charge in [-0.1, -0.05) is 42.5 Å². The highest BCUT2D eigenvalue weighted by Crippen LogP contribution is 2.54. The Morgan fingerprint density at radius 2 is 1.67 bits per heavy atom. The van der Waals surface area contributed by atoms with Crippen molar-refractivity contribution in [2.45, 2.75) is 81.8 Å². The van der Waals surface area contributed by atoms with Crippen molar-refractivity contribution in [3.63, 3.8) is 0 Å². The average molecular weight is 822 g/mol. The monoisotopic (exact) mass is 821 g/mol. The van der Waals surface area contributed by atoms with E-state index >= 15 is 0 Å². The normalized spacial score (nSPS) is 25.9. The van der Waals surface area contributed by atoms with Crippen LogP contribution in [0.3, 0.4) is 0 Å². The zero-order valence-electron chi connectivity index (χ0n) is 35.0. The lowest BCUT2D eigenvalue weighted by molar-refractivity contribution is -0.136. The third kappa shape index (κ3) is 6.80. The van der Waals surface area contributed by atoms with Gasteiger partial charge in [-0.2, -0.15) is 0 Å². The molecule has 0 unspecified atom stereocenters. The topological polar surface area (TPSA) is 115 Å². The van der Waals surface area contributed by atoms with Crippen molar-refractivity contribution in [3.05, 3.63) is 112 Å². The summed E-state index contributed by atoms with van der Waals surface area (Å²) in [5, 5.41) is 12.7. The first-order valence-corrected chi connectivity index (χ1v) is 22.5. The fraction of sp³-hybridized carbons (Fsp3) is 0.460. The van der Waals surface area contributed by atoms with Gasteiger partial charge in [-0.25, -0.2) is 0 Å². The lowest BCUT2D eigenvalue weighted by Gasteiger charge is -2.54. The zero-order valence-corrected chi connectivity index (χ0v) is 35.0. The molecule has 4 atom stereocenters. The third-order valence-electron chi connectivity index (χ3n) is 15.4. The summed E-state index contributed by atoms with van der Waals surface area (Å²) in [5.41, 5.74) is 9.32. The number of fused-ring (bicyclic) bond motifs is 5. The molecule has 5 heterocycles. The number of benzene rings is 4. The molecule has 5 aliphatic heterocycles. The van der Waals surface area contributed by atoms with Crippen LogP contribution in [0.15, 0.2) is 78.9 Å². The molecule has 61 heavy (non-hydrogen) atoms. The molecule has 2 N–H and O–H groups in total. The third-order valence-corrected chi connectivity index (χ3v) is 15.4. The van der Waals surface area contributed by atoms with Crippen molar-refractivity contribution >= 4 is 29.1 Å². The van der Waals surface area contributed by atoms with Gasteiger partial charge in [0.2, 0.25) is 11.8 Å². The molecule has 4 aromatic rings. The molecule has 4 fully saturated rings. The molecule has 3 amide bonds. The number of aryl methyl sites for hydroxylation is 1. The highest BCUT2D eigenvalue weighted by atomic mass is 16.5. The van der Waals surface area contributed by atoms with E-state index in [-0.39, 0.29) is 36.1 Å². The summed E-state index contributed by atoms with van der Waals surface area (Å²) in [6.45, 7) is 7.11. The van der Waals surface area contributed by atoms with Gasteiger partial charge in [0.05, 0.1) is 18.8 Å². The zero-order chi connectivity index (χ0) is 41.4. The van der Waals surface area contributed by atoms with Crippen molar-refractivity contribution in [2.75, 3.05) is 62.8 Å². The maximum absolute atomic E-state index is 13.4. The van der Waals surface area contributed by atoms with E-state index in [9.17, 15) is 19.5 Å². The quantitative estimate of drug-likeness (QED) is 0.199. The first kappa shape index (κ1) is 38.4. The predicted octanol–water partition coefficient (Wildman–Crippen LogP) is 6.60. The lowest BCUT2D eigenvalue weighted by Crippen LogP contribution is -2.59. The van der Waals surface area contributed by atoms with E-state index in [0.29, 0.717) is 42.2 Å². The molecular weight excluding hydrogens is 767 g/mol. The number of nitrogens with zero attached hydrogens (tertiary/aromatic N) is 4. The van der Waals surface area contributed by atoms with Crippen molar-refractivity contribution in [1.82, 2.24) is 15.1 Å². The van der Waals surface area contributed by atoms with E-state index in [0.717, 1.165) is 80.8 Å². The van der Waals surface area contributed by atoms with Crippen molar-refractivity contribution < 1.29 is 29.0 Å². The second kappa shape index (κ2) is 15.1. The molecule has 0 radical (unpaired) electrons. The number of anilines is 2. The summed E-state index contributed by atoms with van der Waals surface area (Å²) in [6, 6.07) is 27.3. The number of phenolic OH excluding ortho intramolecular Hbond substituents is 1. The molecule has 3 saturated heterocycles. The Hall–Kier alpha value is -5.55. The van der Waals surface area contributed by atoms with Gasteiger partial charge in [-0.3, -0.25) is 24.6 Å². The summed E-state index contributed by atoms with van der Waals surface area (Å²) in [4.78, 5) is 47.0. The highest BCUT2D eigenvalue weighted by molar-refractivity contribution is 6.06. The Kier molecular flexibility index (Phi) is 9.51. The largest absolute Gasteiger partial charge is 0.508 e. The fourth-order valence-electron chi connectivity index (χ4n) is 12.4. The maximum Gasteiger partial charge on any atom is 0.255 e. The number of amides is 3. The van der Waals surface area contributed by atoms with E-state index in [1.165, 1.54) is 53.6 Å². The predicted molar refractivity (Wildman–Crippen MR) is 233 cm³/mol. The van der Waals surface area contributed by atoms with Crippen LogP contribution in [0.4, 0.5) is 11.4 Å². The van der Waals surface area contributed by atoms with Crippen molar-refractivity contribution in [2.24, 2.45) is 11.3 Å². The van der Waals surface area contributed by atoms with E-state index in [1.54, 1.807) is 12.0 Å². The van der Waals surface area contributed by atoms with Gasteiger partial charge < -0.3 is 29.3 Å². The minimum absolute atomic E-state index is 0.143. The number of carbonyl (C=O) groups excluding carboxylic acids is 3. The first-order valence-electron chi connectivity index (χ1n) is 22.5. The number of methoxy groups -OCH3 is 1. The Balaban J connectivity index is 0.705. The second-order valence-electron chi connectivity index (χ2n) is 18.9. The van der Waals surface area contributed by atoms with Crippen LogP contribution >= 0.6 is 0 Å². The number of hydrogen-bond donors (Lipinski definition) is 2. The summed E-state index contributed by atoms with van der Waals surface area (Å²) in [6.07, 6.45) is 7.61. The summed E-state index contributed by atoms with van der Waals surface area (Å²) in [5.74, 6) is 2.38. The molecule has 4 aromatic carbocycles. The molecule has 1 saturated carbocycles. The van der Waals surface area contributed by atoms with Gasteiger partial charge in [-0.05, 0) is 115 Å². The van der Waals surface area contributed by atoms with Gasteiger partial charge in [-0.15, -0.1) is 0 Å². The van der Waals surface area contributed by atoms with Gasteiger partial charge >= 0.3 is 0 Å². The fourth-order valence-corrected chi connectivity index (χ4v) is 12.4. The molecule has 1 spiro atoms. The van der Waals surface area contributed by atoms with Crippen LogP contribution in [0.2, 0.25) is 0 Å². The van der Waals surface area contributed by atoms with E-state index in [1.807, 2.05) is 18.2 Å². The highest BCUT2D eigenvalue weighted by Gasteiger charge is 2.47. The van der Waals surface area contributed by atoms with Crippen molar-refractivity contribution in [3.8, 4) is 17.2 Å². The Labute approximate surface area is 357 Å². The summed E-state index contributed by atoms with van der Waals surface area (Å²) < 4.78 is 12.5. The lowest BCUT2D eigenvalue weighted by atomic mass is 9.57. The van der Waals surface area contributed by atoms with E-state index < -0.39 is 6.04 Å². The number of rotatable bonds is 7. The summed E-state index contributed by atoms with van der Waals surface area (Å²) in [7, 11) is 1.80. The van der Waals surface area contributed by atoms with Crippen LogP contribution < -0.4 is 24.6 Å². The van der Waals surface area contributed by atoms with E-state index in [4.69, 9.17) is 9.47 Å². The average Bonchev–Trinajstić information content (AvgIpc) is 3.58. The number of phenols is 1. The first-order chi connectivity index (χ1) is 29.7. The van der Waals surface area contributed by atoms with Crippen LogP contribution in [-0.4, -0.2) is 97.7 Å². The van der Waals surface area contributed by atoms with Gasteiger partial charge in [0.25, 0.3) is 5.91 Å². The maximum atomic E-state index is 13.4. The molecule has 11 rings (SSSR count). The number of hydrogen-bond acceptors (Lipinski definition) is 9. The molecular formula is C50H55N5O6. The molecule has 0 aromatic heterocycles. The molecule has 2 aliphatic carbocycles.